The van der Waals surface area contributed by atoms with Gasteiger partial charge >= 0.3 is 5.97 Å². The van der Waals surface area contributed by atoms with Gasteiger partial charge in [-0.05, 0) is 6.92 Å². The summed E-state index contributed by atoms with van der Waals surface area (Å²) in [5.41, 5.74) is 0.464. The average Bonchev–Trinajstić information content (AvgIpc) is 2.86. The van der Waals surface area contributed by atoms with Crippen molar-refractivity contribution in [1.82, 2.24) is 15.4 Å². The monoisotopic (exact) mass is 236 g/mol. The van der Waals surface area contributed by atoms with Crippen LogP contribution in [0.1, 0.15) is 26.6 Å². The van der Waals surface area contributed by atoms with Crippen LogP contribution < -0.4 is 5.32 Å². The maximum atomic E-state index is 11.6. The highest BCUT2D eigenvalue weighted by molar-refractivity contribution is 6.02. The molecule has 8 nitrogen and oxygen atoms in total. The number of nitrogens with zero attached hydrogens (tertiary/aromatic N) is 2. The third kappa shape index (κ3) is 2.14. The Morgan fingerprint density at radius 3 is 2.82 bits per heavy atom. The van der Waals surface area contributed by atoms with Crippen LogP contribution in [0.3, 0.4) is 0 Å². The highest BCUT2D eigenvalue weighted by atomic mass is 16.5. The van der Waals surface area contributed by atoms with Gasteiger partial charge in [-0.1, -0.05) is 5.16 Å². The number of rotatable bonds is 3. The van der Waals surface area contributed by atoms with Crippen molar-refractivity contribution in [3.63, 3.8) is 0 Å². The Bertz CT molecular complexity index is 571. The predicted molar refractivity (Wildman–Crippen MR) is 54.7 cm³/mol. The number of anilines is 1. The molecule has 0 fully saturated rings. The number of aryl methyl sites for hydroxylation is 1. The van der Waals surface area contributed by atoms with Crippen molar-refractivity contribution < 1.29 is 19.2 Å². The zero-order valence-electron chi connectivity index (χ0n) is 8.72. The lowest BCUT2D eigenvalue weighted by atomic mass is 10.3. The number of hydrogen-bond donors (Lipinski definition) is 3. The lowest BCUT2D eigenvalue weighted by Crippen LogP contribution is -2.12. The van der Waals surface area contributed by atoms with E-state index < -0.39 is 11.9 Å². The van der Waals surface area contributed by atoms with E-state index >= 15 is 0 Å². The summed E-state index contributed by atoms with van der Waals surface area (Å²) in [4.78, 5) is 22.2. The minimum absolute atomic E-state index is 0.0601. The molecule has 0 saturated carbocycles. The maximum Gasteiger partial charge on any atom is 0.353 e. The molecule has 2 rings (SSSR count). The first-order valence-corrected chi connectivity index (χ1v) is 4.59. The number of H-pyrrole nitrogens is 1. The molecule has 0 aliphatic carbocycles. The molecule has 0 spiro atoms. The van der Waals surface area contributed by atoms with Crippen molar-refractivity contribution in [2.24, 2.45) is 0 Å². The number of carbonyl (C=O) groups is 2. The SMILES string of the molecule is Cc1cnoc1C(=O)Nc1cc(C(=O)O)[nH]n1. The fourth-order valence-corrected chi connectivity index (χ4v) is 1.18. The van der Waals surface area contributed by atoms with Crippen molar-refractivity contribution >= 4 is 17.7 Å². The van der Waals surface area contributed by atoms with Gasteiger partial charge in [0.05, 0.1) is 6.20 Å². The lowest BCUT2D eigenvalue weighted by Gasteiger charge is -1.97. The number of aromatic nitrogens is 3. The first-order valence-electron chi connectivity index (χ1n) is 4.59. The van der Waals surface area contributed by atoms with Gasteiger partial charge in [-0.25, -0.2) is 4.79 Å². The summed E-state index contributed by atoms with van der Waals surface area (Å²) in [5, 5.41) is 20.4. The van der Waals surface area contributed by atoms with E-state index in [0.29, 0.717) is 5.56 Å². The number of carboxylic acid groups (broad SMARTS) is 1. The summed E-state index contributed by atoms with van der Waals surface area (Å²) >= 11 is 0. The Kier molecular flexibility index (Phi) is 2.61. The number of hydrogen-bond acceptors (Lipinski definition) is 5. The van der Waals surface area contributed by atoms with Crippen LogP contribution in [0.25, 0.3) is 0 Å². The molecule has 1 amide bonds. The Balaban J connectivity index is 2.13. The summed E-state index contributed by atoms with van der Waals surface area (Å²) in [7, 11) is 0. The number of carbonyl (C=O) groups excluding carboxylic acids is 1. The highest BCUT2D eigenvalue weighted by Gasteiger charge is 2.16. The quantitative estimate of drug-likeness (QED) is 0.719. The topological polar surface area (TPSA) is 121 Å². The summed E-state index contributed by atoms with van der Waals surface area (Å²) in [6.45, 7) is 1.67. The van der Waals surface area contributed by atoms with E-state index in [4.69, 9.17) is 9.63 Å². The molecule has 8 heteroatoms. The van der Waals surface area contributed by atoms with Gasteiger partial charge in [0.25, 0.3) is 5.91 Å². The fourth-order valence-electron chi connectivity index (χ4n) is 1.18. The van der Waals surface area contributed by atoms with Crippen molar-refractivity contribution in [2.75, 3.05) is 5.32 Å². The third-order valence-electron chi connectivity index (χ3n) is 2.00. The van der Waals surface area contributed by atoms with Gasteiger partial charge in [-0.15, -0.1) is 0 Å². The number of nitrogens with one attached hydrogen (secondary N) is 2. The van der Waals surface area contributed by atoms with Gasteiger partial charge in [0.1, 0.15) is 5.69 Å². The molecular weight excluding hydrogens is 228 g/mol. The van der Waals surface area contributed by atoms with E-state index in [1.807, 2.05) is 0 Å². The molecule has 0 atom stereocenters. The molecule has 3 N–H and O–H groups in total. The fraction of sp³-hybridized carbons (Fsp3) is 0.111. The molecule has 2 aromatic heterocycles. The molecule has 17 heavy (non-hydrogen) atoms. The van der Waals surface area contributed by atoms with Gasteiger partial charge in [-0.2, -0.15) is 5.10 Å². The second-order valence-electron chi connectivity index (χ2n) is 3.26. The van der Waals surface area contributed by atoms with Crippen LogP contribution in [-0.4, -0.2) is 32.3 Å². The molecule has 0 unspecified atom stereocenters. The highest BCUT2D eigenvalue weighted by Crippen LogP contribution is 2.10. The second-order valence-corrected chi connectivity index (χ2v) is 3.26. The number of aromatic carboxylic acids is 1. The molecule has 0 saturated heterocycles. The summed E-state index contributed by atoms with van der Waals surface area (Å²) < 4.78 is 4.74. The van der Waals surface area contributed by atoms with Crippen molar-refractivity contribution in [1.29, 1.82) is 0 Å². The average molecular weight is 236 g/mol. The molecule has 88 valence electrons. The predicted octanol–water partition coefficient (Wildman–Crippen LogP) is 0.657. The maximum absolute atomic E-state index is 11.6. The molecule has 0 aliphatic heterocycles. The normalized spacial score (nSPS) is 10.2. The van der Waals surface area contributed by atoms with E-state index in [1.54, 1.807) is 6.92 Å². The van der Waals surface area contributed by atoms with E-state index in [9.17, 15) is 9.59 Å². The summed E-state index contributed by atoms with van der Waals surface area (Å²) in [5.74, 6) is -1.54. The molecule has 0 aliphatic rings. The van der Waals surface area contributed by atoms with Crippen LogP contribution in [0.5, 0.6) is 0 Å². The lowest BCUT2D eigenvalue weighted by molar-refractivity contribution is 0.0690. The van der Waals surface area contributed by atoms with Gasteiger partial charge in [0.15, 0.2) is 5.82 Å². The van der Waals surface area contributed by atoms with Crippen LogP contribution in [-0.2, 0) is 0 Å². The number of aromatic amines is 1. The van der Waals surface area contributed by atoms with Crippen LogP contribution in [0, 0.1) is 6.92 Å². The van der Waals surface area contributed by atoms with Crippen LogP contribution in [0.4, 0.5) is 5.82 Å². The summed E-state index contributed by atoms with van der Waals surface area (Å²) in [6, 6.07) is 1.20. The minimum atomic E-state index is -1.16. The van der Waals surface area contributed by atoms with Crippen LogP contribution in [0.2, 0.25) is 0 Å². The Morgan fingerprint density at radius 2 is 2.29 bits per heavy atom. The van der Waals surface area contributed by atoms with E-state index in [2.05, 4.69) is 20.7 Å². The molecule has 2 heterocycles. The molecule has 0 aromatic carbocycles. The van der Waals surface area contributed by atoms with E-state index in [-0.39, 0.29) is 17.3 Å². The van der Waals surface area contributed by atoms with Gasteiger partial charge in [-0.3, -0.25) is 9.89 Å². The largest absolute Gasteiger partial charge is 0.477 e. The second kappa shape index (κ2) is 4.08. The molecular formula is C9H8N4O4. The Morgan fingerprint density at radius 1 is 1.53 bits per heavy atom. The molecule has 2 aromatic rings. The van der Waals surface area contributed by atoms with Crippen LogP contribution >= 0.6 is 0 Å². The van der Waals surface area contributed by atoms with E-state index in [1.165, 1.54) is 12.3 Å². The Labute approximate surface area is 94.6 Å². The number of amides is 1. The van der Waals surface area contributed by atoms with Crippen molar-refractivity contribution in [3.8, 4) is 0 Å². The number of carboxylic acids is 1. The molecule has 0 radical (unpaired) electrons. The third-order valence-corrected chi connectivity index (χ3v) is 2.00. The zero-order valence-corrected chi connectivity index (χ0v) is 8.72. The summed E-state index contributed by atoms with van der Waals surface area (Å²) in [6.07, 6.45) is 1.40. The molecule has 0 bridgehead atoms. The van der Waals surface area contributed by atoms with E-state index in [0.717, 1.165) is 0 Å². The van der Waals surface area contributed by atoms with Gasteiger partial charge in [0, 0.05) is 11.6 Å². The van der Waals surface area contributed by atoms with Gasteiger partial charge < -0.3 is 14.9 Å². The smallest absolute Gasteiger partial charge is 0.353 e. The zero-order chi connectivity index (χ0) is 12.4. The first-order chi connectivity index (χ1) is 8.08. The minimum Gasteiger partial charge on any atom is -0.477 e. The van der Waals surface area contributed by atoms with Crippen molar-refractivity contribution in [3.05, 3.63) is 29.3 Å². The standard InChI is InChI=1S/C9H8N4O4/c1-4-3-10-17-7(4)8(14)11-6-2-5(9(15)16)12-13-6/h2-3H,1H3,(H,15,16)(H2,11,12,13,14). The van der Waals surface area contributed by atoms with Crippen LogP contribution in [0.15, 0.2) is 16.8 Å². The van der Waals surface area contributed by atoms with Crippen molar-refractivity contribution in [2.45, 2.75) is 6.92 Å². The Hall–Kier alpha value is -2.64. The first kappa shape index (κ1) is 10.9. The van der Waals surface area contributed by atoms with Gasteiger partial charge in [0.2, 0.25) is 5.76 Å².